The SMILES string of the molecule is CCC1CC(C)N(CC)C1. The van der Waals surface area contributed by atoms with Gasteiger partial charge in [-0.1, -0.05) is 20.3 Å². The topological polar surface area (TPSA) is 3.24 Å². The second-order valence-corrected chi connectivity index (χ2v) is 3.45. The number of likely N-dealkylation sites (tertiary alicyclic amines) is 1. The van der Waals surface area contributed by atoms with Crippen LogP contribution in [0, 0.1) is 5.92 Å². The lowest BCUT2D eigenvalue weighted by molar-refractivity contribution is 0.278. The quantitative estimate of drug-likeness (QED) is 0.569. The molecule has 2 unspecified atom stereocenters. The van der Waals surface area contributed by atoms with E-state index in [-0.39, 0.29) is 0 Å². The molecule has 0 amide bonds. The molecule has 60 valence electrons. The molecule has 0 aliphatic carbocycles. The molecule has 0 saturated carbocycles. The van der Waals surface area contributed by atoms with E-state index in [4.69, 9.17) is 0 Å². The second kappa shape index (κ2) is 3.38. The lowest BCUT2D eigenvalue weighted by Gasteiger charge is -2.17. The summed E-state index contributed by atoms with van der Waals surface area (Å²) in [7, 11) is 0. The van der Waals surface area contributed by atoms with Crippen molar-refractivity contribution in [3.8, 4) is 0 Å². The zero-order valence-electron chi connectivity index (χ0n) is 7.43. The first-order valence-electron chi connectivity index (χ1n) is 4.52. The van der Waals surface area contributed by atoms with Gasteiger partial charge in [0.2, 0.25) is 0 Å². The Bertz CT molecular complexity index is 101. The number of rotatable bonds is 2. The molecule has 0 spiro atoms. The summed E-state index contributed by atoms with van der Waals surface area (Å²) in [5, 5.41) is 0. The Kier molecular flexibility index (Phi) is 2.72. The predicted octanol–water partition coefficient (Wildman–Crippen LogP) is 2.13. The normalized spacial score (nSPS) is 35.1. The fourth-order valence-corrected chi connectivity index (χ4v) is 1.95. The van der Waals surface area contributed by atoms with Crippen LogP contribution in [0.4, 0.5) is 0 Å². The van der Waals surface area contributed by atoms with Crippen molar-refractivity contribution in [2.45, 2.75) is 39.7 Å². The second-order valence-electron chi connectivity index (χ2n) is 3.45. The third-order valence-electron chi connectivity index (χ3n) is 2.77. The smallest absolute Gasteiger partial charge is 0.00700 e. The van der Waals surface area contributed by atoms with Crippen molar-refractivity contribution < 1.29 is 0 Å². The van der Waals surface area contributed by atoms with Crippen LogP contribution in [0.15, 0.2) is 0 Å². The summed E-state index contributed by atoms with van der Waals surface area (Å²) < 4.78 is 0. The Labute approximate surface area is 64.4 Å². The van der Waals surface area contributed by atoms with Gasteiger partial charge in [0.15, 0.2) is 0 Å². The third-order valence-corrected chi connectivity index (χ3v) is 2.77. The first-order valence-corrected chi connectivity index (χ1v) is 4.52. The van der Waals surface area contributed by atoms with Crippen LogP contribution in [-0.4, -0.2) is 24.0 Å². The molecular weight excluding hydrogens is 122 g/mol. The minimum atomic E-state index is 0.843. The Morgan fingerprint density at radius 1 is 1.40 bits per heavy atom. The van der Waals surface area contributed by atoms with E-state index >= 15 is 0 Å². The van der Waals surface area contributed by atoms with Crippen LogP contribution >= 0.6 is 0 Å². The number of nitrogens with zero attached hydrogens (tertiary/aromatic N) is 1. The molecule has 1 rings (SSSR count). The van der Waals surface area contributed by atoms with Crippen molar-refractivity contribution in [3.63, 3.8) is 0 Å². The molecule has 2 atom stereocenters. The van der Waals surface area contributed by atoms with Gasteiger partial charge in [0.05, 0.1) is 0 Å². The molecule has 1 fully saturated rings. The molecule has 1 heterocycles. The van der Waals surface area contributed by atoms with Crippen LogP contribution in [-0.2, 0) is 0 Å². The molecule has 1 aliphatic rings. The van der Waals surface area contributed by atoms with Gasteiger partial charge >= 0.3 is 0 Å². The van der Waals surface area contributed by atoms with Gasteiger partial charge in [-0.25, -0.2) is 0 Å². The number of hydrogen-bond donors (Lipinski definition) is 0. The molecule has 1 saturated heterocycles. The first kappa shape index (κ1) is 8.06. The standard InChI is InChI=1S/C9H19N/c1-4-9-6-8(3)10(5-2)7-9/h8-9H,4-7H2,1-3H3. The summed E-state index contributed by atoms with van der Waals surface area (Å²) in [4.78, 5) is 2.58. The van der Waals surface area contributed by atoms with Crippen molar-refractivity contribution in [2.24, 2.45) is 5.92 Å². The van der Waals surface area contributed by atoms with E-state index in [2.05, 4.69) is 25.7 Å². The van der Waals surface area contributed by atoms with Crippen LogP contribution in [0.1, 0.15) is 33.6 Å². The lowest BCUT2D eigenvalue weighted by Crippen LogP contribution is -2.26. The molecule has 0 aromatic heterocycles. The third kappa shape index (κ3) is 1.51. The average Bonchev–Trinajstić information content (AvgIpc) is 2.30. The van der Waals surface area contributed by atoms with E-state index in [1.807, 2.05) is 0 Å². The molecule has 0 radical (unpaired) electrons. The molecule has 0 bridgehead atoms. The van der Waals surface area contributed by atoms with E-state index in [1.165, 1.54) is 25.9 Å². The maximum absolute atomic E-state index is 2.58. The Balaban J connectivity index is 2.36. The van der Waals surface area contributed by atoms with Crippen LogP contribution in [0.3, 0.4) is 0 Å². The van der Waals surface area contributed by atoms with Gasteiger partial charge in [0, 0.05) is 12.6 Å². The molecule has 0 aromatic carbocycles. The fourth-order valence-electron chi connectivity index (χ4n) is 1.95. The van der Waals surface area contributed by atoms with Crippen molar-refractivity contribution in [1.82, 2.24) is 4.90 Å². The Hall–Kier alpha value is -0.0400. The summed E-state index contributed by atoms with van der Waals surface area (Å²) in [6.07, 6.45) is 2.78. The zero-order chi connectivity index (χ0) is 7.56. The molecule has 0 N–H and O–H groups in total. The summed E-state index contributed by atoms with van der Waals surface area (Å²) in [6, 6.07) is 0.843. The first-order chi connectivity index (χ1) is 4.77. The van der Waals surface area contributed by atoms with Gasteiger partial charge in [-0.2, -0.15) is 0 Å². The zero-order valence-corrected chi connectivity index (χ0v) is 7.43. The van der Waals surface area contributed by atoms with Gasteiger partial charge < -0.3 is 4.90 Å². The minimum absolute atomic E-state index is 0.843. The summed E-state index contributed by atoms with van der Waals surface area (Å²) >= 11 is 0. The van der Waals surface area contributed by atoms with Gasteiger partial charge in [0.1, 0.15) is 0 Å². The summed E-state index contributed by atoms with van der Waals surface area (Å²) in [6.45, 7) is 9.48. The van der Waals surface area contributed by atoms with Crippen molar-refractivity contribution in [3.05, 3.63) is 0 Å². The van der Waals surface area contributed by atoms with Crippen molar-refractivity contribution >= 4 is 0 Å². The monoisotopic (exact) mass is 141 g/mol. The van der Waals surface area contributed by atoms with Crippen LogP contribution in [0.25, 0.3) is 0 Å². The number of hydrogen-bond acceptors (Lipinski definition) is 1. The van der Waals surface area contributed by atoms with E-state index in [1.54, 1.807) is 0 Å². The van der Waals surface area contributed by atoms with Gasteiger partial charge in [-0.15, -0.1) is 0 Å². The van der Waals surface area contributed by atoms with Crippen LogP contribution in [0.5, 0.6) is 0 Å². The molecule has 1 heteroatoms. The molecule has 1 aliphatic heterocycles. The van der Waals surface area contributed by atoms with E-state index in [9.17, 15) is 0 Å². The highest BCUT2D eigenvalue weighted by Gasteiger charge is 2.25. The molecular formula is C9H19N. The average molecular weight is 141 g/mol. The Morgan fingerprint density at radius 3 is 2.40 bits per heavy atom. The highest BCUT2D eigenvalue weighted by atomic mass is 15.2. The highest BCUT2D eigenvalue weighted by Crippen LogP contribution is 2.24. The van der Waals surface area contributed by atoms with E-state index in [0.717, 1.165) is 12.0 Å². The summed E-state index contributed by atoms with van der Waals surface area (Å²) in [5.74, 6) is 0.981. The van der Waals surface area contributed by atoms with Crippen LogP contribution < -0.4 is 0 Å². The van der Waals surface area contributed by atoms with E-state index in [0.29, 0.717) is 0 Å². The summed E-state index contributed by atoms with van der Waals surface area (Å²) in [5.41, 5.74) is 0. The van der Waals surface area contributed by atoms with Crippen molar-refractivity contribution in [1.29, 1.82) is 0 Å². The maximum Gasteiger partial charge on any atom is 0.00700 e. The minimum Gasteiger partial charge on any atom is -0.301 e. The Morgan fingerprint density at radius 2 is 2.10 bits per heavy atom. The molecule has 1 nitrogen and oxygen atoms in total. The molecule has 0 aromatic rings. The maximum atomic E-state index is 2.58. The van der Waals surface area contributed by atoms with Gasteiger partial charge in [0.25, 0.3) is 0 Å². The lowest BCUT2D eigenvalue weighted by atomic mass is 10.0. The van der Waals surface area contributed by atoms with E-state index < -0.39 is 0 Å². The van der Waals surface area contributed by atoms with Crippen LogP contribution in [0.2, 0.25) is 0 Å². The fraction of sp³-hybridized carbons (Fsp3) is 1.00. The molecule has 10 heavy (non-hydrogen) atoms. The highest BCUT2D eigenvalue weighted by molar-refractivity contribution is 4.80. The van der Waals surface area contributed by atoms with Gasteiger partial charge in [-0.3, -0.25) is 0 Å². The largest absolute Gasteiger partial charge is 0.301 e. The van der Waals surface area contributed by atoms with Crippen molar-refractivity contribution in [2.75, 3.05) is 13.1 Å². The van der Waals surface area contributed by atoms with Gasteiger partial charge in [-0.05, 0) is 25.8 Å². The predicted molar refractivity (Wildman–Crippen MR) is 45.1 cm³/mol.